The van der Waals surface area contributed by atoms with Crippen LogP contribution in [0, 0.1) is 5.82 Å². The third-order valence-corrected chi connectivity index (χ3v) is 5.02. The van der Waals surface area contributed by atoms with E-state index in [-0.39, 0.29) is 18.0 Å². The fraction of sp³-hybridized carbons (Fsp3) is 0.0909. The van der Waals surface area contributed by atoms with Crippen LogP contribution in [-0.2, 0) is 4.79 Å². The SMILES string of the molecule is O=C1CN(C(=O)c2ccccc2Cl)C(c2ccccc2)c2cc(F)ccc2N1. The van der Waals surface area contributed by atoms with Gasteiger partial charge in [-0.3, -0.25) is 9.59 Å². The first-order chi connectivity index (χ1) is 13.5. The monoisotopic (exact) mass is 394 g/mol. The highest BCUT2D eigenvalue weighted by atomic mass is 35.5. The Morgan fingerprint density at radius 2 is 1.75 bits per heavy atom. The molecular weight excluding hydrogens is 379 g/mol. The molecule has 1 unspecified atom stereocenters. The molecule has 0 saturated heterocycles. The molecule has 1 heterocycles. The Hall–Kier alpha value is -3.18. The largest absolute Gasteiger partial charge is 0.324 e. The highest BCUT2D eigenvalue weighted by molar-refractivity contribution is 6.33. The van der Waals surface area contributed by atoms with Crippen molar-refractivity contribution in [3.05, 3.63) is 100 Å². The van der Waals surface area contributed by atoms with Crippen molar-refractivity contribution in [1.29, 1.82) is 0 Å². The lowest BCUT2D eigenvalue weighted by Crippen LogP contribution is -2.39. The molecule has 140 valence electrons. The number of carbonyl (C=O) groups excluding carboxylic acids is 2. The smallest absolute Gasteiger partial charge is 0.256 e. The van der Waals surface area contributed by atoms with Crippen molar-refractivity contribution >= 4 is 29.1 Å². The average Bonchev–Trinajstić information content (AvgIpc) is 2.84. The highest BCUT2D eigenvalue weighted by Gasteiger charge is 2.34. The van der Waals surface area contributed by atoms with Crippen LogP contribution in [0.4, 0.5) is 10.1 Å². The zero-order valence-electron chi connectivity index (χ0n) is 14.7. The van der Waals surface area contributed by atoms with Crippen molar-refractivity contribution in [2.24, 2.45) is 0 Å². The van der Waals surface area contributed by atoms with Crippen molar-refractivity contribution in [2.45, 2.75) is 6.04 Å². The predicted molar refractivity (Wildman–Crippen MR) is 106 cm³/mol. The molecule has 1 aliphatic rings. The molecule has 3 aromatic carbocycles. The predicted octanol–water partition coefficient (Wildman–Crippen LogP) is 4.66. The standard InChI is InChI=1S/C22H16ClFN2O2/c23-18-9-5-4-8-16(18)22(28)26-13-20(27)25-19-11-10-15(24)12-17(19)21(26)14-6-2-1-3-7-14/h1-12,21H,13H2,(H,25,27). The number of hydrogen-bond donors (Lipinski definition) is 1. The molecule has 0 saturated carbocycles. The van der Waals surface area contributed by atoms with E-state index in [0.29, 0.717) is 16.3 Å². The molecule has 1 aliphatic heterocycles. The van der Waals surface area contributed by atoms with Gasteiger partial charge < -0.3 is 10.2 Å². The second-order valence-corrected chi connectivity index (χ2v) is 6.91. The fourth-order valence-corrected chi connectivity index (χ4v) is 3.67. The minimum absolute atomic E-state index is 0.181. The van der Waals surface area contributed by atoms with Gasteiger partial charge in [0.25, 0.3) is 5.91 Å². The summed E-state index contributed by atoms with van der Waals surface area (Å²) in [5.74, 6) is -1.20. The minimum atomic E-state index is -0.644. The number of anilines is 1. The molecule has 2 amide bonds. The van der Waals surface area contributed by atoms with Crippen LogP contribution in [0.3, 0.4) is 0 Å². The molecule has 0 radical (unpaired) electrons. The van der Waals surface area contributed by atoms with Crippen molar-refractivity contribution < 1.29 is 14.0 Å². The summed E-state index contributed by atoms with van der Waals surface area (Å²) < 4.78 is 14.1. The maximum Gasteiger partial charge on any atom is 0.256 e. The van der Waals surface area contributed by atoms with Crippen LogP contribution >= 0.6 is 11.6 Å². The van der Waals surface area contributed by atoms with Crippen molar-refractivity contribution in [3.63, 3.8) is 0 Å². The summed E-state index contributed by atoms with van der Waals surface area (Å²) in [5.41, 5.74) is 2.05. The summed E-state index contributed by atoms with van der Waals surface area (Å²) in [7, 11) is 0. The van der Waals surface area contributed by atoms with Crippen LogP contribution in [0.15, 0.2) is 72.8 Å². The first-order valence-electron chi connectivity index (χ1n) is 8.74. The molecule has 0 spiro atoms. The molecule has 6 heteroatoms. The zero-order valence-corrected chi connectivity index (χ0v) is 15.5. The summed E-state index contributed by atoms with van der Waals surface area (Å²) >= 11 is 6.23. The highest BCUT2D eigenvalue weighted by Crippen LogP contribution is 2.37. The Morgan fingerprint density at radius 1 is 1.04 bits per heavy atom. The summed E-state index contributed by atoms with van der Waals surface area (Å²) in [5, 5.41) is 3.06. The van der Waals surface area contributed by atoms with Crippen LogP contribution in [0.25, 0.3) is 0 Å². The third-order valence-electron chi connectivity index (χ3n) is 4.69. The van der Waals surface area contributed by atoms with E-state index in [9.17, 15) is 14.0 Å². The molecule has 0 bridgehead atoms. The van der Waals surface area contributed by atoms with Crippen LogP contribution in [0.5, 0.6) is 0 Å². The van der Waals surface area contributed by atoms with Gasteiger partial charge in [0, 0.05) is 11.3 Å². The number of rotatable bonds is 2. The summed E-state index contributed by atoms with van der Waals surface area (Å²) in [4.78, 5) is 27.3. The number of nitrogens with one attached hydrogen (secondary N) is 1. The van der Waals surface area contributed by atoms with E-state index in [0.717, 1.165) is 5.56 Å². The van der Waals surface area contributed by atoms with Gasteiger partial charge in [-0.25, -0.2) is 4.39 Å². The second-order valence-electron chi connectivity index (χ2n) is 6.51. The van der Waals surface area contributed by atoms with E-state index in [2.05, 4.69) is 5.32 Å². The van der Waals surface area contributed by atoms with Crippen LogP contribution < -0.4 is 5.32 Å². The average molecular weight is 395 g/mol. The van der Waals surface area contributed by atoms with Gasteiger partial charge in [-0.2, -0.15) is 0 Å². The third kappa shape index (κ3) is 3.37. The van der Waals surface area contributed by atoms with E-state index in [1.165, 1.54) is 23.1 Å². The molecule has 0 aliphatic carbocycles. The minimum Gasteiger partial charge on any atom is -0.324 e. The molecule has 4 rings (SSSR count). The zero-order chi connectivity index (χ0) is 19.7. The van der Waals surface area contributed by atoms with Gasteiger partial charge in [-0.05, 0) is 35.9 Å². The maximum absolute atomic E-state index is 14.1. The summed E-state index contributed by atoms with van der Waals surface area (Å²) in [6.07, 6.45) is 0. The van der Waals surface area contributed by atoms with Gasteiger partial charge in [-0.15, -0.1) is 0 Å². The van der Waals surface area contributed by atoms with Crippen molar-refractivity contribution in [3.8, 4) is 0 Å². The number of amides is 2. The van der Waals surface area contributed by atoms with Gasteiger partial charge in [0.05, 0.1) is 16.6 Å². The molecule has 0 aromatic heterocycles. The topological polar surface area (TPSA) is 49.4 Å². The molecular formula is C22H16ClFN2O2. The molecule has 1 atom stereocenters. The van der Waals surface area contributed by atoms with Gasteiger partial charge in [0.1, 0.15) is 12.4 Å². The second kappa shape index (κ2) is 7.44. The van der Waals surface area contributed by atoms with Crippen LogP contribution in [-0.4, -0.2) is 23.3 Å². The van der Waals surface area contributed by atoms with Gasteiger partial charge in [0.15, 0.2) is 0 Å². The Labute approximate surface area is 166 Å². The Morgan fingerprint density at radius 3 is 2.50 bits per heavy atom. The van der Waals surface area contributed by atoms with Crippen LogP contribution in [0.2, 0.25) is 5.02 Å². The number of nitrogens with zero attached hydrogens (tertiary/aromatic N) is 1. The lowest BCUT2D eigenvalue weighted by atomic mass is 9.95. The number of benzene rings is 3. The lowest BCUT2D eigenvalue weighted by molar-refractivity contribution is -0.117. The normalized spacial score (nSPS) is 16.1. The molecule has 3 aromatic rings. The first kappa shape index (κ1) is 18.2. The Bertz CT molecular complexity index is 1060. The maximum atomic E-state index is 14.1. The number of halogens is 2. The summed E-state index contributed by atoms with van der Waals surface area (Å²) in [6.45, 7) is -0.181. The Balaban J connectivity index is 1.91. The van der Waals surface area contributed by atoms with E-state index >= 15 is 0 Å². The molecule has 0 fully saturated rings. The number of hydrogen-bond acceptors (Lipinski definition) is 2. The van der Waals surface area contributed by atoms with E-state index in [4.69, 9.17) is 11.6 Å². The van der Waals surface area contributed by atoms with E-state index in [1.54, 1.807) is 24.3 Å². The lowest BCUT2D eigenvalue weighted by Gasteiger charge is -2.31. The van der Waals surface area contributed by atoms with Gasteiger partial charge in [-0.1, -0.05) is 54.1 Å². The number of fused-ring (bicyclic) bond motifs is 1. The van der Waals surface area contributed by atoms with Crippen molar-refractivity contribution in [1.82, 2.24) is 4.90 Å². The molecule has 4 nitrogen and oxygen atoms in total. The Kier molecular flexibility index (Phi) is 4.84. The van der Waals surface area contributed by atoms with Crippen LogP contribution in [0.1, 0.15) is 27.5 Å². The van der Waals surface area contributed by atoms with Gasteiger partial charge >= 0.3 is 0 Å². The first-order valence-corrected chi connectivity index (χ1v) is 9.12. The van der Waals surface area contributed by atoms with Gasteiger partial charge in [0.2, 0.25) is 5.91 Å². The quantitative estimate of drug-likeness (QED) is 0.687. The molecule has 28 heavy (non-hydrogen) atoms. The fourth-order valence-electron chi connectivity index (χ4n) is 3.45. The summed E-state index contributed by atoms with van der Waals surface area (Å²) in [6, 6.07) is 19.4. The number of carbonyl (C=O) groups is 2. The molecule has 1 N–H and O–H groups in total. The van der Waals surface area contributed by atoms with Crippen molar-refractivity contribution in [2.75, 3.05) is 11.9 Å². The van der Waals surface area contributed by atoms with E-state index in [1.807, 2.05) is 30.3 Å². The van der Waals surface area contributed by atoms with E-state index < -0.39 is 17.8 Å².